The van der Waals surface area contributed by atoms with Gasteiger partial charge in [0.1, 0.15) is 0 Å². The first-order chi connectivity index (χ1) is 12.2. The molecule has 2 aliphatic rings. The van der Waals surface area contributed by atoms with Crippen LogP contribution in [-0.2, 0) is 6.61 Å². The molecule has 3 atom stereocenters. The van der Waals surface area contributed by atoms with Gasteiger partial charge >= 0.3 is 0 Å². The molecule has 1 aromatic rings. The second-order valence-electron chi connectivity index (χ2n) is 7.60. The van der Waals surface area contributed by atoms with E-state index in [2.05, 4.69) is 9.80 Å². The number of hydrogen-bond donors (Lipinski definition) is 3. The summed E-state index contributed by atoms with van der Waals surface area (Å²) in [6, 6.07) is 7.84. The maximum Gasteiger partial charge on any atom is 0.0815 e. The van der Waals surface area contributed by atoms with Crippen molar-refractivity contribution in [1.29, 1.82) is 0 Å². The first-order valence-electron chi connectivity index (χ1n) is 9.68. The SMILES string of the molecule is OCc1ccc([C@H](O)C[C@H](O)CN2CCC[C@H]2CN2CCCC2)cc1. The predicted molar refractivity (Wildman–Crippen MR) is 98.2 cm³/mol. The van der Waals surface area contributed by atoms with E-state index in [4.69, 9.17) is 5.11 Å². The molecule has 2 fully saturated rings. The highest BCUT2D eigenvalue weighted by Gasteiger charge is 2.29. The van der Waals surface area contributed by atoms with E-state index in [1.165, 1.54) is 38.8 Å². The summed E-state index contributed by atoms with van der Waals surface area (Å²) in [6.07, 6.45) is 4.22. The van der Waals surface area contributed by atoms with Gasteiger partial charge in [0.15, 0.2) is 0 Å². The van der Waals surface area contributed by atoms with Crippen molar-refractivity contribution < 1.29 is 15.3 Å². The van der Waals surface area contributed by atoms with E-state index >= 15 is 0 Å². The topological polar surface area (TPSA) is 67.2 Å². The van der Waals surface area contributed by atoms with Crippen LogP contribution in [0.15, 0.2) is 24.3 Å². The Morgan fingerprint density at radius 1 is 1.00 bits per heavy atom. The number of β-amino-alcohol motifs (C(OH)–C–C–N with tert-alkyl or cyclic N) is 1. The molecule has 1 aromatic carbocycles. The van der Waals surface area contributed by atoms with Crippen molar-refractivity contribution in [3.05, 3.63) is 35.4 Å². The Balaban J connectivity index is 1.47. The van der Waals surface area contributed by atoms with E-state index in [1.807, 2.05) is 24.3 Å². The average Bonchev–Trinajstić information content (AvgIpc) is 3.28. The average molecular weight is 348 g/mol. The third-order valence-electron chi connectivity index (χ3n) is 5.65. The summed E-state index contributed by atoms with van der Waals surface area (Å²) in [5.41, 5.74) is 1.63. The Bertz CT molecular complexity index is 516. The fourth-order valence-corrected chi connectivity index (χ4v) is 4.19. The maximum absolute atomic E-state index is 10.5. The summed E-state index contributed by atoms with van der Waals surface area (Å²) in [5.74, 6) is 0. The number of aliphatic hydroxyl groups excluding tert-OH is 3. The van der Waals surface area contributed by atoms with Crippen LogP contribution in [0.3, 0.4) is 0 Å². The Labute approximate surface area is 150 Å². The van der Waals surface area contributed by atoms with Crippen molar-refractivity contribution in [3.63, 3.8) is 0 Å². The van der Waals surface area contributed by atoms with Gasteiger partial charge in [0.05, 0.1) is 18.8 Å². The van der Waals surface area contributed by atoms with Crippen LogP contribution in [-0.4, -0.2) is 70.0 Å². The Kier molecular flexibility index (Phi) is 6.84. The second-order valence-corrected chi connectivity index (χ2v) is 7.60. The van der Waals surface area contributed by atoms with Crippen LogP contribution < -0.4 is 0 Å². The molecule has 0 aliphatic carbocycles. The molecule has 0 unspecified atom stereocenters. The van der Waals surface area contributed by atoms with Gasteiger partial charge in [-0.05, 0) is 56.4 Å². The maximum atomic E-state index is 10.5. The van der Waals surface area contributed by atoms with Crippen molar-refractivity contribution in [2.45, 2.75) is 57.0 Å². The van der Waals surface area contributed by atoms with Gasteiger partial charge in [0, 0.05) is 25.6 Å². The van der Waals surface area contributed by atoms with Crippen molar-refractivity contribution in [2.24, 2.45) is 0 Å². The van der Waals surface area contributed by atoms with E-state index in [0.717, 1.165) is 24.2 Å². The minimum absolute atomic E-state index is 0.00632. The zero-order valence-electron chi connectivity index (χ0n) is 15.1. The lowest BCUT2D eigenvalue weighted by molar-refractivity contribution is 0.0466. The summed E-state index contributed by atoms with van der Waals surface area (Å²) in [7, 11) is 0. The smallest absolute Gasteiger partial charge is 0.0815 e. The molecule has 25 heavy (non-hydrogen) atoms. The van der Waals surface area contributed by atoms with E-state index in [1.54, 1.807) is 0 Å². The monoisotopic (exact) mass is 348 g/mol. The predicted octanol–water partition coefficient (Wildman–Crippen LogP) is 1.52. The van der Waals surface area contributed by atoms with Crippen LogP contribution in [0, 0.1) is 0 Å². The molecule has 0 bridgehead atoms. The van der Waals surface area contributed by atoms with E-state index in [0.29, 0.717) is 19.0 Å². The standard InChI is InChI=1S/C20H32N2O3/c23-15-16-5-7-17(8-6-16)20(25)12-19(24)14-22-11-3-4-18(22)13-21-9-1-2-10-21/h5-8,18-20,23-25H,1-4,9-15H2/t18-,19-,20+/m0/s1. The molecule has 0 saturated carbocycles. The largest absolute Gasteiger partial charge is 0.392 e. The number of hydrogen-bond acceptors (Lipinski definition) is 5. The van der Waals surface area contributed by atoms with Gasteiger partial charge < -0.3 is 20.2 Å². The zero-order valence-corrected chi connectivity index (χ0v) is 15.1. The van der Waals surface area contributed by atoms with Gasteiger partial charge in [0.2, 0.25) is 0 Å². The quantitative estimate of drug-likeness (QED) is 0.665. The summed E-state index contributed by atoms with van der Waals surface area (Å²) >= 11 is 0. The number of aliphatic hydroxyl groups is 3. The van der Waals surface area contributed by atoms with Gasteiger partial charge in [-0.2, -0.15) is 0 Å². The first-order valence-corrected chi connectivity index (χ1v) is 9.68. The van der Waals surface area contributed by atoms with Crippen molar-refractivity contribution in [1.82, 2.24) is 9.80 Å². The summed E-state index contributed by atoms with van der Waals surface area (Å²) in [6.45, 7) is 5.26. The molecule has 3 N–H and O–H groups in total. The first kappa shape index (κ1) is 18.8. The third kappa shape index (κ3) is 5.25. The van der Waals surface area contributed by atoms with Crippen LogP contribution in [0.1, 0.15) is 49.3 Å². The summed E-state index contributed by atoms with van der Waals surface area (Å²) in [5, 5.41) is 29.9. The van der Waals surface area contributed by atoms with Gasteiger partial charge in [-0.3, -0.25) is 4.90 Å². The van der Waals surface area contributed by atoms with E-state index < -0.39 is 12.2 Å². The van der Waals surface area contributed by atoms with Crippen LogP contribution in [0.4, 0.5) is 0 Å². The summed E-state index contributed by atoms with van der Waals surface area (Å²) in [4.78, 5) is 4.96. The van der Waals surface area contributed by atoms with Crippen LogP contribution >= 0.6 is 0 Å². The molecule has 2 heterocycles. The van der Waals surface area contributed by atoms with Crippen molar-refractivity contribution >= 4 is 0 Å². The molecule has 0 amide bonds. The Morgan fingerprint density at radius 2 is 1.72 bits per heavy atom. The number of benzene rings is 1. The van der Waals surface area contributed by atoms with Crippen LogP contribution in [0.2, 0.25) is 0 Å². The highest BCUT2D eigenvalue weighted by Crippen LogP contribution is 2.23. The molecular formula is C20H32N2O3. The lowest BCUT2D eigenvalue weighted by Gasteiger charge is -2.30. The van der Waals surface area contributed by atoms with Crippen molar-refractivity contribution in [3.8, 4) is 0 Å². The van der Waals surface area contributed by atoms with Gasteiger partial charge in [-0.1, -0.05) is 24.3 Å². The van der Waals surface area contributed by atoms with Crippen molar-refractivity contribution in [2.75, 3.05) is 32.7 Å². The van der Waals surface area contributed by atoms with E-state index in [-0.39, 0.29) is 6.61 Å². The molecule has 2 saturated heterocycles. The zero-order chi connectivity index (χ0) is 17.6. The molecule has 0 radical (unpaired) electrons. The number of rotatable bonds is 8. The lowest BCUT2D eigenvalue weighted by Crippen LogP contribution is -2.42. The third-order valence-corrected chi connectivity index (χ3v) is 5.65. The Morgan fingerprint density at radius 3 is 2.40 bits per heavy atom. The molecule has 0 spiro atoms. The van der Waals surface area contributed by atoms with Crippen LogP contribution in [0.5, 0.6) is 0 Å². The fourth-order valence-electron chi connectivity index (χ4n) is 4.19. The Hall–Kier alpha value is -0.980. The molecule has 5 heteroatoms. The molecule has 3 rings (SSSR count). The normalized spacial score (nSPS) is 24.7. The van der Waals surface area contributed by atoms with Gasteiger partial charge in [-0.25, -0.2) is 0 Å². The minimum atomic E-state index is -0.664. The van der Waals surface area contributed by atoms with Gasteiger partial charge in [-0.15, -0.1) is 0 Å². The van der Waals surface area contributed by atoms with E-state index in [9.17, 15) is 10.2 Å². The second kappa shape index (κ2) is 9.10. The van der Waals surface area contributed by atoms with Gasteiger partial charge in [0.25, 0.3) is 0 Å². The molecule has 2 aliphatic heterocycles. The molecular weight excluding hydrogens is 316 g/mol. The molecule has 140 valence electrons. The molecule has 5 nitrogen and oxygen atoms in total. The molecule has 0 aromatic heterocycles. The minimum Gasteiger partial charge on any atom is -0.392 e. The fraction of sp³-hybridized carbons (Fsp3) is 0.700. The highest BCUT2D eigenvalue weighted by atomic mass is 16.3. The summed E-state index contributed by atoms with van der Waals surface area (Å²) < 4.78 is 0. The van der Waals surface area contributed by atoms with Crippen LogP contribution in [0.25, 0.3) is 0 Å². The highest BCUT2D eigenvalue weighted by molar-refractivity contribution is 5.23. The number of nitrogens with zero attached hydrogens (tertiary/aromatic N) is 2. The lowest BCUT2D eigenvalue weighted by atomic mass is 10.0. The number of likely N-dealkylation sites (tertiary alicyclic amines) is 2.